The summed E-state index contributed by atoms with van der Waals surface area (Å²) in [6.07, 6.45) is 0. The summed E-state index contributed by atoms with van der Waals surface area (Å²) in [5, 5.41) is 48.1. The van der Waals surface area contributed by atoms with Gasteiger partial charge in [0.2, 0.25) is 16.9 Å². The molecule has 3 rings (SSSR count). The van der Waals surface area contributed by atoms with E-state index in [9.17, 15) is 34.9 Å². The molecule has 0 aliphatic carbocycles. The Morgan fingerprint density at radius 2 is 1.53 bits per heavy atom. The lowest BCUT2D eigenvalue weighted by atomic mass is 10.1. The van der Waals surface area contributed by atoms with Crippen molar-refractivity contribution in [2.75, 3.05) is 30.5 Å². The van der Waals surface area contributed by atoms with Crippen LogP contribution < -0.4 is 5.43 Å². The van der Waals surface area contributed by atoms with Gasteiger partial charge in [0.15, 0.2) is 17.3 Å². The standard InChI is InChI=1S/C15H10O7.C8H19O3PS2/c16-7-2-1-3-9-10(7)13(20)14(21)15(22-9)6-4-5-8(17)12(19)11(6)18;1-4-10-12(9,11-5-2)14-8-7-13-6-3/h1-5,16-19,21H;4-8H2,1-3H3. The third-order valence-corrected chi connectivity index (χ3v) is 9.64. The predicted octanol–water partition coefficient (Wildman–Crippen LogP) is 5.64. The summed E-state index contributed by atoms with van der Waals surface area (Å²) >= 11 is 3.14. The Labute approximate surface area is 216 Å². The number of thioether (sulfide) groups is 1. The minimum absolute atomic E-state index is 0.00948. The van der Waals surface area contributed by atoms with Crippen molar-refractivity contribution in [2.45, 2.75) is 20.8 Å². The molecule has 36 heavy (non-hydrogen) atoms. The van der Waals surface area contributed by atoms with Gasteiger partial charge in [0, 0.05) is 11.5 Å². The minimum atomic E-state index is -2.86. The first-order valence-corrected chi connectivity index (χ1v) is 15.2. The summed E-state index contributed by atoms with van der Waals surface area (Å²) in [5.41, 5.74) is -1.08. The van der Waals surface area contributed by atoms with Gasteiger partial charge >= 0.3 is 6.80 Å². The molecular formula is C23H29O10PS2. The van der Waals surface area contributed by atoms with Crippen LogP contribution in [-0.2, 0) is 13.6 Å². The highest BCUT2D eigenvalue weighted by Crippen LogP contribution is 2.60. The van der Waals surface area contributed by atoms with Crippen LogP contribution in [0.3, 0.4) is 0 Å². The summed E-state index contributed by atoms with van der Waals surface area (Å²) in [5.74, 6) is -0.818. The molecule has 2 aromatic carbocycles. The number of benzene rings is 2. The fraction of sp³-hybridized carbons (Fsp3) is 0.348. The van der Waals surface area contributed by atoms with E-state index >= 15 is 0 Å². The van der Waals surface area contributed by atoms with Crippen molar-refractivity contribution in [3.63, 3.8) is 0 Å². The molecule has 1 heterocycles. The van der Waals surface area contributed by atoms with Gasteiger partial charge in [-0.15, -0.1) is 0 Å². The van der Waals surface area contributed by atoms with Crippen LogP contribution in [0.15, 0.2) is 39.5 Å². The largest absolute Gasteiger partial charge is 0.507 e. The van der Waals surface area contributed by atoms with Crippen LogP contribution in [0.2, 0.25) is 0 Å². The molecule has 0 aliphatic heterocycles. The fourth-order valence-electron chi connectivity index (χ4n) is 2.93. The van der Waals surface area contributed by atoms with Crippen LogP contribution in [0.25, 0.3) is 22.3 Å². The highest BCUT2D eigenvalue weighted by Gasteiger charge is 2.24. The minimum Gasteiger partial charge on any atom is -0.507 e. The van der Waals surface area contributed by atoms with Gasteiger partial charge in [0.1, 0.15) is 16.7 Å². The van der Waals surface area contributed by atoms with E-state index in [1.54, 1.807) is 0 Å². The van der Waals surface area contributed by atoms with E-state index in [0.29, 0.717) is 13.2 Å². The molecule has 198 valence electrons. The Balaban J connectivity index is 0.000000284. The molecule has 0 saturated heterocycles. The van der Waals surface area contributed by atoms with E-state index in [4.69, 9.17) is 13.5 Å². The Kier molecular flexibility index (Phi) is 11.3. The monoisotopic (exact) mass is 560 g/mol. The second-order valence-corrected chi connectivity index (χ2v) is 12.5. The van der Waals surface area contributed by atoms with Crippen LogP contribution in [0.4, 0.5) is 0 Å². The van der Waals surface area contributed by atoms with Crippen molar-refractivity contribution in [3.05, 3.63) is 40.6 Å². The normalized spacial score (nSPS) is 11.3. The summed E-state index contributed by atoms with van der Waals surface area (Å²) < 4.78 is 27.5. The van der Waals surface area contributed by atoms with E-state index < -0.39 is 41.0 Å². The molecule has 1 aromatic heterocycles. The number of hydrogen-bond acceptors (Lipinski definition) is 12. The number of phenolic OH excluding ortho intramolecular Hbond substituents is 4. The van der Waals surface area contributed by atoms with E-state index in [0.717, 1.165) is 29.4 Å². The molecule has 13 heteroatoms. The second-order valence-electron chi connectivity index (χ2n) is 6.90. The number of phenols is 4. The van der Waals surface area contributed by atoms with E-state index in [2.05, 4.69) is 6.92 Å². The third-order valence-electron chi connectivity index (χ3n) is 4.50. The van der Waals surface area contributed by atoms with Crippen LogP contribution in [0.1, 0.15) is 20.8 Å². The van der Waals surface area contributed by atoms with Gasteiger partial charge < -0.3 is 39.0 Å². The lowest BCUT2D eigenvalue weighted by Gasteiger charge is -2.15. The maximum absolute atomic E-state index is 12.1. The molecule has 0 spiro atoms. The maximum atomic E-state index is 12.1. The molecule has 3 aromatic rings. The number of fused-ring (bicyclic) bond motifs is 1. The number of aromatic hydroxyl groups is 5. The van der Waals surface area contributed by atoms with Gasteiger partial charge in [0.25, 0.3) is 0 Å². The molecule has 0 saturated carbocycles. The lowest BCUT2D eigenvalue weighted by molar-refractivity contribution is 0.237. The lowest BCUT2D eigenvalue weighted by Crippen LogP contribution is -2.02. The Morgan fingerprint density at radius 1 is 0.861 bits per heavy atom. The van der Waals surface area contributed by atoms with Crippen LogP contribution in [0.5, 0.6) is 28.7 Å². The summed E-state index contributed by atoms with van der Waals surface area (Å²) in [7, 11) is 0. The Hall–Kier alpha value is -2.50. The number of rotatable bonds is 10. The molecule has 0 radical (unpaired) electrons. The fourth-order valence-corrected chi connectivity index (χ4v) is 7.49. The molecule has 0 unspecified atom stereocenters. The number of hydrogen-bond donors (Lipinski definition) is 5. The van der Waals surface area contributed by atoms with Crippen molar-refractivity contribution in [3.8, 4) is 40.1 Å². The highest BCUT2D eigenvalue weighted by molar-refractivity contribution is 8.55. The van der Waals surface area contributed by atoms with Gasteiger partial charge in [-0.25, -0.2) is 4.57 Å². The molecule has 10 nitrogen and oxygen atoms in total. The summed E-state index contributed by atoms with van der Waals surface area (Å²) in [6, 6.07) is 6.34. The average Bonchev–Trinajstić information content (AvgIpc) is 2.84. The molecule has 0 atom stereocenters. The third kappa shape index (κ3) is 7.27. The van der Waals surface area contributed by atoms with Gasteiger partial charge in [0.05, 0.1) is 18.8 Å². The predicted molar refractivity (Wildman–Crippen MR) is 143 cm³/mol. The first kappa shape index (κ1) is 29.7. The molecule has 0 aliphatic rings. The van der Waals surface area contributed by atoms with Gasteiger partial charge in [-0.1, -0.05) is 13.0 Å². The zero-order chi connectivity index (χ0) is 26.9. The molecule has 0 bridgehead atoms. The molecule has 0 amide bonds. The zero-order valence-corrected chi connectivity index (χ0v) is 22.5. The topological polar surface area (TPSA) is 167 Å². The zero-order valence-electron chi connectivity index (χ0n) is 20.0. The average molecular weight is 561 g/mol. The van der Waals surface area contributed by atoms with Crippen molar-refractivity contribution >= 4 is 40.9 Å². The highest BCUT2D eigenvalue weighted by atomic mass is 32.7. The van der Waals surface area contributed by atoms with E-state index in [1.807, 2.05) is 25.6 Å². The van der Waals surface area contributed by atoms with Gasteiger partial charge in [-0.05, 0) is 55.2 Å². The van der Waals surface area contributed by atoms with Gasteiger partial charge in [-0.3, -0.25) is 4.79 Å². The summed E-state index contributed by atoms with van der Waals surface area (Å²) in [4.78, 5) is 12.1. The van der Waals surface area contributed by atoms with E-state index in [1.165, 1.54) is 29.6 Å². The summed E-state index contributed by atoms with van der Waals surface area (Å²) in [6.45, 7) is 3.78. The van der Waals surface area contributed by atoms with E-state index in [-0.39, 0.29) is 22.3 Å². The first-order valence-electron chi connectivity index (χ1n) is 10.9. The SMILES string of the molecule is CCOP(=O)(OCC)SCCSCC.O=c1c(O)c(-c2ccc(O)c(O)c2O)oc2cccc(O)c12. The van der Waals surface area contributed by atoms with Gasteiger partial charge in [-0.2, -0.15) is 11.8 Å². The van der Waals surface area contributed by atoms with Crippen molar-refractivity contribution < 1.29 is 43.6 Å². The maximum Gasteiger partial charge on any atom is 0.389 e. The van der Waals surface area contributed by atoms with Crippen LogP contribution >= 0.6 is 29.9 Å². The van der Waals surface area contributed by atoms with Crippen LogP contribution in [0, 0.1) is 0 Å². The van der Waals surface area contributed by atoms with Crippen molar-refractivity contribution in [1.29, 1.82) is 0 Å². The van der Waals surface area contributed by atoms with Crippen molar-refractivity contribution in [1.82, 2.24) is 0 Å². The smallest absolute Gasteiger partial charge is 0.389 e. The Bertz CT molecular complexity index is 1270. The molecule has 5 N–H and O–H groups in total. The quantitative estimate of drug-likeness (QED) is 0.118. The Morgan fingerprint density at radius 3 is 2.14 bits per heavy atom. The van der Waals surface area contributed by atoms with Crippen molar-refractivity contribution in [2.24, 2.45) is 0 Å². The molecule has 0 fully saturated rings. The second kappa shape index (κ2) is 13.7. The van der Waals surface area contributed by atoms with Crippen LogP contribution in [-0.4, -0.2) is 56.0 Å². The first-order chi connectivity index (χ1) is 17.1. The molecular weight excluding hydrogens is 531 g/mol.